The molecule has 0 saturated carbocycles. The molecule has 2 atom stereocenters. The number of halogens is 1. The van der Waals surface area contributed by atoms with Crippen molar-refractivity contribution in [2.24, 2.45) is 0 Å². The first-order valence-electron chi connectivity index (χ1n) is 6.92. The monoisotopic (exact) mass is 334 g/mol. The van der Waals surface area contributed by atoms with Gasteiger partial charge in [0.15, 0.2) is 6.29 Å². The van der Waals surface area contributed by atoms with Crippen LogP contribution in [0.3, 0.4) is 0 Å². The highest BCUT2D eigenvalue weighted by molar-refractivity contribution is 7.85. The topological polar surface area (TPSA) is 72.8 Å². The van der Waals surface area contributed by atoms with E-state index in [1.807, 2.05) is 6.07 Å². The van der Waals surface area contributed by atoms with Crippen LogP contribution in [-0.4, -0.2) is 31.6 Å². The second kappa shape index (κ2) is 7.56. The Labute approximate surface area is 130 Å². The largest absolute Gasteiger partial charge is 0.353 e. The van der Waals surface area contributed by atoms with Gasteiger partial charge in [-0.2, -0.15) is 8.42 Å². The summed E-state index contributed by atoms with van der Waals surface area (Å²) in [6.07, 6.45) is 2.14. The van der Waals surface area contributed by atoms with E-state index in [1.165, 1.54) is 0 Å². The predicted molar refractivity (Wildman–Crippen MR) is 79.9 cm³/mol. The fraction of sp³-hybridized carbons (Fsp3) is 0.571. The zero-order valence-corrected chi connectivity index (χ0v) is 13.1. The van der Waals surface area contributed by atoms with E-state index in [2.05, 4.69) is 0 Å². The minimum atomic E-state index is -4.03. The Kier molecular flexibility index (Phi) is 6.01. The lowest BCUT2D eigenvalue weighted by atomic mass is 10.1. The van der Waals surface area contributed by atoms with Crippen molar-refractivity contribution in [1.82, 2.24) is 0 Å². The zero-order valence-electron chi connectivity index (χ0n) is 11.6. The molecule has 1 saturated heterocycles. The molecule has 7 heteroatoms. The number of rotatable bonds is 6. The van der Waals surface area contributed by atoms with Gasteiger partial charge in [0, 0.05) is 11.6 Å². The highest BCUT2D eigenvalue weighted by Crippen LogP contribution is 2.28. The van der Waals surface area contributed by atoms with Gasteiger partial charge in [-0.3, -0.25) is 4.55 Å². The third-order valence-corrected chi connectivity index (χ3v) is 4.30. The van der Waals surface area contributed by atoms with Gasteiger partial charge in [-0.15, -0.1) is 0 Å². The second-order valence-electron chi connectivity index (χ2n) is 5.05. The van der Waals surface area contributed by atoms with Crippen LogP contribution < -0.4 is 0 Å². The summed E-state index contributed by atoms with van der Waals surface area (Å²) in [6.45, 7) is 0.644. The summed E-state index contributed by atoms with van der Waals surface area (Å²) in [6, 6.07) is 7.08. The average Bonchev–Trinajstić information content (AvgIpc) is 2.43. The van der Waals surface area contributed by atoms with Gasteiger partial charge in [-0.1, -0.05) is 23.7 Å². The van der Waals surface area contributed by atoms with E-state index in [0.717, 1.165) is 24.8 Å². The molecule has 0 amide bonds. The standard InChI is InChI=1S/C14H19ClO5S/c15-12-5-3-4-11(10-12)13(7-9-21(16,17)18)20-14-6-1-2-8-19-14/h3-5,10,13-14H,1-2,6-9H2,(H,16,17,18)/t13-,14?/m1/s1. The first kappa shape index (κ1) is 16.7. The molecule has 0 spiro atoms. The molecular formula is C14H19ClO5S. The average molecular weight is 335 g/mol. The van der Waals surface area contributed by atoms with Crippen LogP contribution in [0.2, 0.25) is 5.02 Å². The van der Waals surface area contributed by atoms with E-state index in [4.69, 9.17) is 25.6 Å². The summed E-state index contributed by atoms with van der Waals surface area (Å²) >= 11 is 5.97. The zero-order chi connectivity index (χ0) is 15.3. The molecule has 1 aromatic rings. The highest BCUT2D eigenvalue weighted by atomic mass is 35.5. The molecule has 1 aromatic carbocycles. The Hall–Kier alpha value is -0.660. The maximum atomic E-state index is 11.0. The molecule has 1 unspecified atom stereocenters. The summed E-state index contributed by atoms with van der Waals surface area (Å²) < 4.78 is 42.3. The fourth-order valence-corrected chi connectivity index (χ4v) is 2.99. The van der Waals surface area contributed by atoms with Crippen molar-refractivity contribution in [3.8, 4) is 0 Å². The number of hydrogen-bond donors (Lipinski definition) is 1. The lowest BCUT2D eigenvalue weighted by Crippen LogP contribution is -2.25. The van der Waals surface area contributed by atoms with Gasteiger partial charge in [-0.25, -0.2) is 0 Å². The summed E-state index contributed by atoms with van der Waals surface area (Å²) in [5.41, 5.74) is 0.778. The van der Waals surface area contributed by atoms with Crippen molar-refractivity contribution in [1.29, 1.82) is 0 Å². The summed E-state index contributed by atoms with van der Waals surface area (Å²) in [4.78, 5) is 0. The van der Waals surface area contributed by atoms with Crippen LogP contribution in [0.5, 0.6) is 0 Å². The van der Waals surface area contributed by atoms with Crippen molar-refractivity contribution in [3.05, 3.63) is 34.9 Å². The van der Waals surface area contributed by atoms with E-state index in [9.17, 15) is 8.42 Å². The summed E-state index contributed by atoms with van der Waals surface area (Å²) in [5.74, 6) is -0.364. The smallest absolute Gasteiger partial charge is 0.264 e. The van der Waals surface area contributed by atoms with E-state index in [0.29, 0.717) is 11.6 Å². The molecule has 1 N–H and O–H groups in total. The van der Waals surface area contributed by atoms with Gasteiger partial charge in [0.05, 0.1) is 11.9 Å². The van der Waals surface area contributed by atoms with Crippen LogP contribution in [0.4, 0.5) is 0 Å². The van der Waals surface area contributed by atoms with E-state index in [1.54, 1.807) is 18.2 Å². The maximum absolute atomic E-state index is 11.0. The van der Waals surface area contributed by atoms with Crippen LogP contribution in [0, 0.1) is 0 Å². The quantitative estimate of drug-likeness (QED) is 0.809. The number of hydrogen-bond acceptors (Lipinski definition) is 4. The minimum absolute atomic E-state index is 0.152. The molecule has 21 heavy (non-hydrogen) atoms. The van der Waals surface area contributed by atoms with Gasteiger partial charge < -0.3 is 9.47 Å². The van der Waals surface area contributed by atoms with Gasteiger partial charge >= 0.3 is 0 Å². The molecular weight excluding hydrogens is 316 g/mol. The molecule has 1 heterocycles. The minimum Gasteiger partial charge on any atom is -0.353 e. The Balaban J connectivity index is 2.09. The lowest BCUT2D eigenvalue weighted by Gasteiger charge is -2.28. The number of ether oxygens (including phenoxy) is 2. The van der Waals surface area contributed by atoms with Gasteiger partial charge in [-0.05, 0) is 43.4 Å². The fourth-order valence-electron chi connectivity index (χ4n) is 2.28. The lowest BCUT2D eigenvalue weighted by molar-refractivity contribution is -0.190. The first-order chi connectivity index (χ1) is 9.94. The van der Waals surface area contributed by atoms with Crippen LogP contribution in [-0.2, 0) is 19.6 Å². The normalized spacial score (nSPS) is 21.1. The van der Waals surface area contributed by atoms with Crippen molar-refractivity contribution in [3.63, 3.8) is 0 Å². The SMILES string of the molecule is O=S(=O)(O)CC[C@@H](OC1CCCCO1)c1cccc(Cl)c1. The van der Waals surface area contributed by atoms with Gasteiger partial charge in [0.2, 0.25) is 0 Å². The molecule has 2 rings (SSSR count). The Bertz CT molecular complexity index is 554. The van der Waals surface area contributed by atoms with Crippen LogP contribution in [0.25, 0.3) is 0 Å². The molecule has 0 aliphatic carbocycles. The predicted octanol–water partition coefficient (Wildman–Crippen LogP) is 3.20. The second-order valence-corrected chi connectivity index (χ2v) is 7.06. The third-order valence-electron chi connectivity index (χ3n) is 3.31. The maximum Gasteiger partial charge on any atom is 0.264 e. The molecule has 118 valence electrons. The molecule has 1 aliphatic rings. The van der Waals surface area contributed by atoms with Crippen molar-refractivity contribution >= 4 is 21.7 Å². The van der Waals surface area contributed by atoms with E-state index in [-0.39, 0.29) is 18.5 Å². The highest BCUT2D eigenvalue weighted by Gasteiger charge is 2.23. The van der Waals surface area contributed by atoms with E-state index >= 15 is 0 Å². The molecule has 0 radical (unpaired) electrons. The Morgan fingerprint density at radius 2 is 2.24 bits per heavy atom. The van der Waals surface area contributed by atoms with Gasteiger partial charge in [0.1, 0.15) is 0 Å². The molecule has 5 nitrogen and oxygen atoms in total. The molecule has 1 fully saturated rings. The van der Waals surface area contributed by atoms with Crippen molar-refractivity contribution in [2.75, 3.05) is 12.4 Å². The molecule has 1 aliphatic heterocycles. The van der Waals surface area contributed by atoms with Crippen molar-refractivity contribution < 1.29 is 22.4 Å². The Morgan fingerprint density at radius 3 is 2.86 bits per heavy atom. The number of benzene rings is 1. The van der Waals surface area contributed by atoms with Crippen LogP contribution in [0.1, 0.15) is 37.4 Å². The first-order valence-corrected chi connectivity index (χ1v) is 8.90. The summed E-state index contributed by atoms with van der Waals surface area (Å²) in [5, 5.41) is 0.553. The summed E-state index contributed by atoms with van der Waals surface area (Å²) in [7, 11) is -4.03. The van der Waals surface area contributed by atoms with E-state index < -0.39 is 16.2 Å². The third kappa shape index (κ3) is 5.92. The Morgan fingerprint density at radius 1 is 1.43 bits per heavy atom. The van der Waals surface area contributed by atoms with Gasteiger partial charge in [0.25, 0.3) is 10.1 Å². The van der Waals surface area contributed by atoms with Crippen LogP contribution in [0.15, 0.2) is 24.3 Å². The van der Waals surface area contributed by atoms with Crippen LogP contribution >= 0.6 is 11.6 Å². The van der Waals surface area contributed by atoms with Crippen molar-refractivity contribution in [2.45, 2.75) is 38.1 Å². The molecule has 0 aromatic heterocycles. The molecule has 0 bridgehead atoms.